The molecule has 0 fully saturated rings. The molecule has 0 unspecified atom stereocenters. The molecule has 2 aromatic carbocycles. The van der Waals surface area contributed by atoms with Crippen LogP contribution in [0.1, 0.15) is 32.7 Å². The second-order valence-electron chi connectivity index (χ2n) is 6.90. The Morgan fingerprint density at radius 1 is 1.00 bits per heavy atom. The lowest BCUT2D eigenvalue weighted by Crippen LogP contribution is -2.31. The smallest absolute Gasteiger partial charge is 0.275 e. The van der Waals surface area contributed by atoms with Gasteiger partial charge in [0.25, 0.3) is 5.91 Å². The minimum absolute atomic E-state index is 0.244. The highest BCUT2D eigenvalue weighted by molar-refractivity contribution is 6.03. The average molecular weight is 358 g/mol. The van der Waals surface area contributed by atoms with Gasteiger partial charge in [-0.1, -0.05) is 36.4 Å². The number of anilines is 2. The summed E-state index contributed by atoms with van der Waals surface area (Å²) in [7, 11) is 0. The number of carbonyl (C=O) groups is 1. The summed E-state index contributed by atoms with van der Waals surface area (Å²) in [4.78, 5) is 23.5. The van der Waals surface area contributed by atoms with Crippen LogP contribution >= 0.6 is 0 Å². The predicted octanol–water partition coefficient (Wildman–Crippen LogP) is 3.91. The van der Waals surface area contributed by atoms with E-state index in [1.807, 2.05) is 32.0 Å². The Bertz CT molecular complexity index is 982. The molecule has 0 bridgehead atoms. The monoisotopic (exact) mass is 358 g/mol. The standard InChI is InChI=1S/C22H22N4O/c1-15-6-5-9-19(16(15)2)25-22(27)20-12-24-21(13-23-20)26-11-10-17-7-3-4-8-18(17)14-26/h3-9,12-13H,10-11,14H2,1-2H3,(H,25,27). The number of nitrogens with one attached hydrogen (secondary N) is 1. The van der Waals surface area contributed by atoms with Gasteiger partial charge in [-0.15, -0.1) is 0 Å². The fourth-order valence-electron chi connectivity index (χ4n) is 3.37. The molecule has 0 saturated carbocycles. The van der Waals surface area contributed by atoms with E-state index in [4.69, 9.17) is 0 Å². The maximum absolute atomic E-state index is 12.5. The molecule has 0 aliphatic carbocycles. The first-order valence-corrected chi connectivity index (χ1v) is 9.13. The lowest BCUT2D eigenvalue weighted by Gasteiger charge is -2.29. The summed E-state index contributed by atoms with van der Waals surface area (Å²) in [5, 5.41) is 2.92. The Morgan fingerprint density at radius 2 is 1.81 bits per heavy atom. The fourth-order valence-corrected chi connectivity index (χ4v) is 3.37. The van der Waals surface area contributed by atoms with E-state index in [1.165, 1.54) is 11.1 Å². The number of fused-ring (bicyclic) bond motifs is 1. The van der Waals surface area contributed by atoms with E-state index >= 15 is 0 Å². The number of aromatic nitrogens is 2. The van der Waals surface area contributed by atoms with Crippen LogP contribution in [-0.2, 0) is 13.0 Å². The molecule has 27 heavy (non-hydrogen) atoms. The van der Waals surface area contributed by atoms with Crippen LogP contribution in [0, 0.1) is 13.8 Å². The molecule has 1 amide bonds. The molecule has 0 atom stereocenters. The summed E-state index contributed by atoms with van der Waals surface area (Å²) < 4.78 is 0. The number of nitrogens with zero attached hydrogens (tertiary/aromatic N) is 3. The van der Waals surface area contributed by atoms with E-state index in [9.17, 15) is 4.79 Å². The molecule has 5 nitrogen and oxygen atoms in total. The van der Waals surface area contributed by atoms with E-state index < -0.39 is 0 Å². The van der Waals surface area contributed by atoms with Gasteiger partial charge in [0.15, 0.2) is 0 Å². The largest absolute Gasteiger partial charge is 0.351 e. The molecule has 0 saturated heterocycles. The van der Waals surface area contributed by atoms with Gasteiger partial charge in [-0.3, -0.25) is 4.79 Å². The Balaban J connectivity index is 1.48. The summed E-state index contributed by atoms with van der Waals surface area (Å²) in [6.45, 7) is 5.74. The van der Waals surface area contributed by atoms with Gasteiger partial charge in [0.05, 0.1) is 12.4 Å². The van der Waals surface area contributed by atoms with Crippen molar-refractivity contribution in [3.8, 4) is 0 Å². The van der Waals surface area contributed by atoms with Crippen LogP contribution < -0.4 is 10.2 Å². The first-order chi connectivity index (χ1) is 13.1. The third-order valence-corrected chi connectivity index (χ3v) is 5.18. The average Bonchev–Trinajstić information content (AvgIpc) is 2.71. The van der Waals surface area contributed by atoms with Gasteiger partial charge in [-0.25, -0.2) is 9.97 Å². The number of aryl methyl sites for hydroxylation is 1. The molecule has 5 heteroatoms. The van der Waals surface area contributed by atoms with Gasteiger partial charge < -0.3 is 10.2 Å². The van der Waals surface area contributed by atoms with Crippen LogP contribution in [0.4, 0.5) is 11.5 Å². The van der Waals surface area contributed by atoms with Crippen LogP contribution in [0.5, 0.6) is 0 Å². The highest BCUT2D eigenvalue weighted by Crippen LogP contribution is 2.23. The van der Waals surface area contributed by atoms with Crippen LogP contribution in [0.3, 0.4) is 0 Å². The number of hydrogen-bond acceptors (Lipinski definition) is 4. The number of benzene rings is 2. The molecule has 4 rings (SSSR count). The van der Waals surface area contributed by atoms with Crippen LogP contribution in [0.2, 0.25) is 0 Å². The van der Waals surface area contributed by atoms with Gasteiger partial charge in [-0.05, 0) is 48.6 Å². The quantitative estimate of drug-likeness (QED) is 0.771. The van der Waals surface area contributed by atoms with Crippen LogP contribution in [0.25, 0.3) is 0 Å². The zero-order chi connectivity index (χ0) is 18.8. The Kier molecular flexibility index (Phi) is 4.59. The summed E-state index contributed by atoms with van der Waals surface area (Å²) in [5.41, 5.74) is 6.03. The van der Waals surface area contributed by atoms with E-state index in [0.29, 0.717) is 5.69 Å². The number of carbonyl (C=O) groups excluding carboxylic acids is 1. The van der Waals surface area contributed by atoms with Crippen LogP contribution in [0.15, 0.2) is 54.9 Å². The Hall–Kier alpha value is -3.21. The maximum atomic E-state index is 12.5. The van der Waals surface area contributed by atoms with E-state index in [1.54, 1.807) is 12.4 Å². The molecule has 2 heterocycles. The topological polar surface area (TPSA) is 58.1 Å². The molecular formula is C22H22N4O. The van der Waals surface area contributed by atoms with Crippen molar-refractivity contribution in [1.82, 2.24) is 9.97 Å². The fraction of sp³-hybridized carbons (Fsp3) is 0.227. The summed E-state index contributed by atoms with van der Waals surface area (Å²) >= 11 is 0. The van der Waals surface area contributed by atoms with Crippen molar-refractivity contribution in [2.45, 2.75) is 26.8 Å². The van der Waals surface area contributed by atoms with Crippen molar-refractivity contribution in [3.63, 3.8) is 0 Å². The maximum Gasteiger partial charge on any atom is 0.275 e. The summed E-state index contributed by atoms with van der Waals surface area (Å²) in [6.07, 6.45) is 4.23. The molecule has 0 spiro atoms. The minimum Gasteiger partial charge on any atom is -0.351 e. The zero-order valence-electron chi connectivity index (χ0n) is 15.6. The predicted molar refractivity (Wildman–Crippen MR) is 107 cm³/mol. The van der Waals surface area contributed by atoms with Crippen molar-refractivity contribution >= 4 is 17.4 Å². The first-order valence-electron chi connectivity index (χ1n) is 9.13. The van der Waals surface area contributed by atoms with Crippen molar-refractivity contribution in [2.75, 3.05) is 16.8 Å². The minimum atomic E-state index is -0.244. The number of hydrogen-bond donors (Lipinski definition) is 1. The van der Waals surface area contributed by atoms with Crippen molar-refractivity contribution in [1.29, 1.82) is 0 Å². The molecule has 3 aromatic rings. The lowest BCUT2D eigenvalue weighted by molar-refractivity contribution is 0.102. The second-order valence-corrected chi connectivity index (χ2v) is 6.90. The molecule has 1 N–H and O–H groups in total. The highest BCUT2D eigenvalue weighted by Gasteiger charge is 2.18. The first kappa shape index (κ1) is 17.2. The molecule has 136 valence electrons. The van der Waals surface area contributed by atoms with Crippen molar-refractivity contribution in [2.24, 2.45) is 0 Å². The van der Waals surface area contributed by atoms with Gasteiger partial charge in [0.2, 0.25) is 0 Å². The number of rotatable bonds is 3. The number of amides is 1. The summed E-state index contributed by atoms with van der Waals surface area (Å²) in [6, 6.07) is 14.3. The Labute approximate surface area is 159 Å². The third kappa shape index (κ3) is 3.53. The van der Waals surface area contributed by atoms with E-state index in [2.05, 4.69) is 44.5 Å². The SMILES string of the molecule is Cc1cccc(NC(=O)c2cnc(N3CCc4ccccc4C3)cn2)c1C. The second kappa shape index (κ2) is 7.19. The summed E-state index contributed by atoms with van der Waals surface area (Å²) in [5.74, 6) is 0.555. The van der Waals surface area contributed by atoms with E-state index in [0.717, 1.165) is 42.1 Å². The third-order valence-electron chi connectivity index (χ3n) is 5.18. The van der Waals surface area contributed by atoms with Gasteiger partial charge >= 0.3 is 0 Å². The zero-order valence-corrected chi connectivity index (χ0v) is 15.6. The Morgan fingerprint density at radius 3 is 2.59 bits per heavy atom. The normalized spacial score (nSPS) is 13.2. The van der Waals surface area contributed by atoms with Crippen molar-refractivity contribution < 1.29 is 4.79 Å². The molecule has 1 aromatic heterocycles. The van der Waals surface area contributed by atoms with E-state index in [-0.39, 0.29) is 5.91 Å². The molecule has 0 radical (unpaired) electrons. The van der Waals surface area contributed by atoms with Gasteiger partial charge in [-0.2, -0.15) is 0 Å². The van der Waals surface area contributed by atoms with Crippen LogP contribution in [-0.4, -0.2) is 22.4 Å². The molecule has 1 aliphatic rings. The lowest BCUT2D eigenvalue weighted by atomic mass is 10.0. The molecule has 1 aliphatic heterocycles. The molecular weight excluding hydrogens is 336 g/mol. The van der Waals surface area contributed by atoms with Crippen molar-refractivity contribution in [3.05, 3.63) is 82.8 Å². The van der Waals surface area contributed by atoms with Gasteiger partial charge in [0, 0.05) is 18.8 Å². The van der Waals surface area contributed by atoms with Gasteiger partial charge in [0.1, 0.15) is 11.5 Å². The highest BCUT2D eigenvalue weighted by atomic mass is 16.1.